The summed E-state index contributed by atoms with van der Waals surface area (Å²) >= 11 is 6.06. The van der Waals surface area contributed by atoms with E-state index in [0.29, 0.717) is 27.6 Å². The molecule has 6 nitrogen and oxygen atoms in total. The molecule has 43 heavy (non-hydrogen) atoms. The Morgan fingerprint density at radius 3 is 2.77 bits per heavy atom. The fraction of sp³-hybridized carbons (Fsp3) is 0.314. The highest BCUT2D eigenvalue weighted by atomic mass is 35.5. The molecule has 222 valence electrons. The molecule has 1 N–H and O–H groups in total. The van der Waals surface area contributed by atoms with Crippen LogP contribution in [0.4, 0.5) is 4.39 Å². The van der Waals surface area contributed by atoms with E-state index in [2.05, 4.69) is 34.8 Å². The lowest BCUT2D eigenvalue weighted by molar-refractivity contribution is 0.0598. The van der Waals surface area contributed by atoms with E-state index in [0.717, 1.165) is 67.5 Å². The summed E-state index contributed by atoms with van der Waals surface area (Å²) < 4.78 is 26.2. The number of nitrogens with one attached hydrogen (secondary N) is 1. The largest absolute Gasteiger partial charge is 0.465 e. The quantitative estimate of drug-likeness (QED) is 0.215. The molecule has 1 aliphatic heterocycles. The lowest BCUT2D eigenvalue weighted by atomic mass is 9.72. The van der Waals surface area contributed by atoms with Crippen LogP contribution in [0.2, 0.25) is 5.02 Å². The van der Waals surface area contributed by atoms with E-state index in [1.165, 1.54) is 24.3 Å². The Morgan fingerprint density at radius 1 is 1.14 bits per heavy atom. The zero-order valence-electron chi connectivity index (χ0n) is 24.7. The Balaban J connectivity index is 1.23. The van der Waals surface area contributed by atoms with Gasteiger partial charge in [-0.05, 0) is 84.2 Å². The molecule has 1 aliphatic carbocycles. The fourth-order valence-electron chi connectivity index (χ4n) is 6.10. The minimum absolute atomic E-state index is 0.124. The molecule has 0 unspecified atom stereocenters. The molecule has 3 heterocycles. The number of hydrogen-bond donors (Lipinski definition) is 1. The number of aromatic nitrogens is 2. The normalized spacial score (nSPS) is 17.2. The smallest absolute Gasteiger partial charge is 0.341 e. The summed E-state index contributed by atoms with van der Waals surface area (Å²) in [5.41, 5.74) is 6.54. The molecule has 2 aliphatic rings. The van der Waals surface area contributed by atoms with E-state index in [-0.39, 0.29) is 11.2 Å². The highest BCUT2D eigenvalue weighted by Gasteiger charge is 2.30. The molecule has 0 fully saturated rings. The van der Waals surface area contributed by atoms with Crippen molar-refractivity contribution in [3.63, 3.8) is 0 Å². The van der Waals surface area contributed by atoms with Gasteiger partial charge in [-0.2, -0.15) is 0 Å². The van der Waals surface area contributed by atoms with Crippen LogP contribution in [0, 0.1) is 11.2 Å². The number of fused-ring (bicyclic) bond motifs is 1. The number of esters is 1. The van der Waals surface area contributed by atoms with Crippen molar-refractivity contribution >= 4 is 39.7 Å². The van der Waals surface area contributed by atoms with Crippen molar-refractivity contribution in [2.75, 3.05) is 26.7 Å². The standard InChI is InChI=1S/C35H35ClFN3O3/c1-35(2)12-8-25(30(19-35)28-7-5-26(36)18-31(28)37)21-40-14-10-22(11-15-40)23-4-6-29(34(41)42-3)32(17-23)43-27-16-24-9-13-38-33(24)39-20-27/h4-7,9-10,13,16-18,20H,8,11-12,14-15,19,21H2,1-3H3,(H,38,39). The molecule has 2 aromatic carbocycles. The maximum atomic E-state index is 15.0. The van der Waals surface area contributed by atoms with Gasteiger partial charge in [0, 0.05) is 41.8 Å². The first kappa shape index (κ1) is 29.1. The maximum absolute atomic E-state index is 15.0. The van der Waals surface area contributed by atoms with Gasteiger partial charge in [-0.15, -0.1) is 0 Å². The van der Waals surface area contributed by atoms with Crippen LogP contribution in [-0.2, 0) is 4.74 Å². The van der Waals surface area contributed by atoms with Crippen molar-refractivity contribution < 1.29 is 18.7 Å². The first-order chi connectivity index (χ1) is 20.7. The van der Waals surface area contributed by atoms with Gasteiger partial charge in [-0.1, -0.05) is 49.2 Å². The number of allylic oxidation sites excluding steroid dienone is 1. The number of halogens is 2. The third-order valence-corrected chi connectivity index (χ3v) is 8.75. The van der Waals surface area contributed by atoms with Crippen molar-refractivity contribution in [1.29, 1.82) is 0 Å². The van der Waals surface area contributed by atoms with Crippen molar-refractivity contribution in [2.24, 2.45) is 5.41 Å². The number of carbonyl (C=O) groups is 1. The number of rotatable bonds is 7. The van der Waals surface area contributed by atoms with Crippen molar-refractivity contribution in [2.45, 2.75) is 39.5 Å². The molecular formula is C35H35ClFN3O3. The van der Waals surface area contributed by atoms with Crippen LogP contribution in [-0.4, -0.2) is 47.6 Å². The summed E-state index contributed by atoms with van der Waals surface area (Å²) in [5, 5.41) is 1.33. The maximum Gasteiger partial charge on any atom is 0.341 e. The fourth-order valence-corrected chi connectivity index (χ4v) is 6.26. The minimum atomic E-state index is -0.460. The van der Waals surface area contributed by atoms with Crippen LogP contribution in [0.3, 0.4) is 0 Å². The molecular weight excluding hydrogens is 565 g/mol. The number of aromatic amines is 1. The van der Waals surface area contributed by atoms with Gasteiger partial charge in [0.2, 0.25) is 0 Å². The average Bonchev–Trinajstić information content (AvgIpc) is 3.46. The monoisotopic (exact) mass is 599 g/mol. The second kappa shape index (κ2) is 12.0. The van der Waals surface area contributed by atoms with Gasteiger partial charge in [0.1, 0.15) is 28.5 Å². The van der Waals surface area contributed by atoms with E-state index in [4.69, 9.17) is 21.1 Å². The van der Waals surface area contributed by atoms with Crippen LogP contribution in [0.25, 0.3) is 22.2 Å². The summed E-state index contributed by atoms with van der Waals surface area (Å²) in [7, 11) is 1.36. The highest BCUT2D eigenvalue weighted by molar-refractivity contribution is 6.30. The predicted octanol–water partition coefficient (Wildman–Crippen LogP) is 8.69. The average molecular weight is 600 g/mol. The van der Waals surface area contributed by atoms with Crippen molar-refractivity contribution in [1.82, 2.24) is 14.9 Å². The highest BCUT2D eigenvalue weighted by Crippen LogP contribution is 2.44. The number of benzene rings is 2. The second-order valence-corrected chi connectivity index (χ2v) is 12.6. The van der Waals surface area contributed by atoms with Crippen LogP contribution in [0.15, 0.2) is 72.6 Å². The number of hydrogen-bond acceptors (Lipinski definition) is 5. The van der Waals surface area contributed by atoms with Gasteiger partial charge in [0.15, 0.2) is 0 Å². The van der Waals surface area contributed by atoms with E-state index >= 15 is 4.39 Å². The summed E-state index contributed by atoms with van der Waals surface area (Å²) in [6.07, 6.45) is 9.42. The SMILES string of the molecule is COC(=O)c1ccc(C2=CCN(CC3=C(c4ccc(Cl)cc4F)CC(C)(C)CC3)CC2)cc1Oc1cnc2[nH]ccc2c1. The summed E-state index contributed by atoms with van der Waals surface area (Å²) in [6, 6.07) is 14.4. The first-order valence-corrected chi connectivity index (χ1v) is 15.0. The number of nitrogens with zero attached hydrogens (tertiary/aromatic N) is 2. The molecule has 0 spiro atoms. The lowest BCUT2D eigenvalue weighted by Gasteiger charge is -2.36. The van der Waals surface area contributed by atoms with Gasteiger partial charge in [0.25, 0.3) is 0 Å². The molecule has 8 heteroatoms. The first-order valence-electron chi connectivity index (χ1n) is 14.6. The molecule has 0 saturated heterocycles. The number of methoxy groups -OCH3 is 1. The molecule has 4 aromatic rings. The van der Waals surface area contributed by atoms with Crippen molar-refractivity contribution in [3.05, 3.63) is 100 Å². The Kier molecular flexibility index (Phi) is 8.12. The van der Waals surface area contributed by atoms with Gasteiger partial charge >= 0.3 is 5.97 Å². The molecule has 2 aromatic heterocycles. The van der Waals surface area contributed by atoms with Gasteiger partial charge in [-0.3, -0.25) is 4.90 Å². The third kappa shape index (κ3) is 6.38. The van der Waals surface area contributed by atoms with Gasteiger partial charge in [0.05, 0.1) is 13.3 Å². The van der Waals surface area contributed by atoms with Gasteiger partial charge in [-0.25, -0.2) is 14.2 Å². The number of carbonyl (C=O) groups excluding carboxylic acids is 1. The van der Waals surface area contributed by atoms with E-state index in [9.17, 15) is 4.79 Å². The molecule has 6 rings (SSSR count). The van der Waals surface area contributed by atoms with E-state index < -0.39 is 5.97 Å². The van der Waals surface area contributed by atoms with Crippen LogP contribution >= 0.6 is 11.6 Å². The summed E-state index contributed by atoms with van der Waals surface area (Å²) in [4.78, 5) is 22.4. The zero-order chi connectivity index (χ0) is 30.1. The summed E-state index contributed by atoms with van der Waals surface area (Å²) in [6.45, 7) is 6.97. The van der Waals surface area contributed by atoms with Crippen molar-refractivity contribution in [3.8, 4) is 11.5 Å². The number of pyridine rings is 1. The Labute approximate surface area is 256 Å². The van der Waals surface area contributed by atoms with Gasteiger partial charge < -0.3 is 14.5 Å². The molecule has 0 saturated carbocycles. The zero-order valence-corrected chi connectivity index (χ0v) is 25.4. The molecule has 0 amide bonds. The molecule has 0 bridgehead atoms. The van der Waals surface area contributed by atoms with Crippen LogP contribution in [0.5, 0.6) is 11.5 Å². The topological polar surface area (TPSA) is 67.4 Å². The number of ether oxygens (including phenoxy) is 2. The predicted molar refractivity (Wildman–Crippen MR) is 169 cm³/mol. The molecule has 0 radical (unpaired) electrons. The van der Waals surface area contributed by atoms with E-state index in [1.807, 2.05) is 36.5 Å². The Hall–Kier alpha value is -3.94. The van der Waals surface area contributed by atoms with Crippen LogP contribution < -0.4 is 4.74 Å². The lowest BCUT2D eigenvalue weighted by Crippen LogP contribution is -2.32. The Morgan fingerprint density at radius 2 is 2.00 bits per heavy atom. The second-order valence-electron chi connectivity index (χ2n) is 12.2. The summed E-state index contributed by atoms with van der Waals surface area (Å²) in [5.74, 6) is 0.248. The van der Waals surface area contributed by atoms with Crippen LogP contribution in [0.1, 0.15) is 61.0 Å². The third-order valence-electron chi connectivity index (χ3n) is 8.51. The number of H-pyrrole nitrogens is 1. The minimum Gasteiger partial charge on any atom is -0.465 e. The van der Waals surface area contributed by atoms with E-state index in [1.54, 1.807) is 18.3 Å². The Bertz CT molecular complexity index is 1760. The molecule has 0 atom stereocenters.